The van der Waals surface area contributed by atoms with Gasteiger partial charge in [-0.1, -0.05) is 12.1 Å². The Labute approximate surface area is 194 Å². The van der Waals surface area contributed by atoms with Crippen molar-refractivity contribution < 1.29 is 24.8 Å². The van der Waals surface area contributed by atoms with Crippen LogP contribution in [0, 0.1) is 0 Å². The maximum Gasteiger partial charge on any atom is 0.247 e. The summed E-state index contributed by atoms with van der Waals surface area (Å²) in [6.07, 6.45) is -1.42. The molecule has 2 aliphatic heterocycles. The van der Waals surface area contributed by atoms with Crippen molar-refractivity contribution in [3.05, 3.63) is 36.2 Å². The predicted molar refractivity (Wildman–Crippen MR) is 123 cm³/mol. The summed E-state index contributed by atoms with van der Waals surface area (Å²) in [7, 11) is 0. The van der Waals surface area contributed by atoms with Crippen LogP contribution in [-0.4, -0.2) is 92.3 Å². The highest BCUT2D eigenvalue weighted by Gasteiger charge is 2.44. The number of hydrogen-bond donors (Lipinski definition) is 5. The zero-order valence-electron chi connectivity index (χ0n) is 18.2. The number of anilines is 3. The van der Waals surface area contributed by atoms with Gasteiger partial charge in [0.25, 0.3) is 0 Å². The second-order valence-electron chi connectivity index (χ2n) is 8.05. The van der Waals surface area contributed by atoms with E-state index in [9.17, 15) is 15.3 Å². The summed E-state index contributed by atoms with van der Waals surface area (Å²) in [6.45, 7) is 2.76. The molecule has 13 nitrogen and oxygen atoms in total. The number of hydrogen-bond acceptors (Lipinski definition) is 12. The minimum atomic E-state index is -1.28. The van der Waals surface area contributed by atoms with Crippen LogP contribution < -0.4 is 16.1 Å². The Balaban J connectivity index is 1.31. The molecule has 4 heterocycles. The van der Waals surface area contributed by atoms with E-state index in [1.165, 1.54) is 10.9 Å². The number of fused-ring (bicyclic) bond motifs is 1. The van der Waals surface area contributed by atoms with Crippen molar-refractivity contribution in [2.24, 2.45) is 5.10 Å². The SMILES string of the molecule is Nc1nc(NN=Cc2ccc(N3CCOCC3)cc2)nc2c1ncn2[C@@H]1O[C@H](CO)[C@@H](O)[C@H]1O. The lowest BCUT2D eigenvalue weighted by atomic mass is 10.1. The number of nitrogen functional groups attached to an aromatic ring is 1. The third-order valence-electron chi connectivity index (χ3n) is 5.89. The van der Waals surface area contributed by atoms with E-state index in [0.717, 1.165) is 37.6 Å². The number of imidazole rings is 1. The van der Waals surface area contributed by atoms with Crippen LogP contribution in [0.3, 0.4) is 0 Å². The standard InChI is InChI=1S/C21H26N8O5/c22-18-15-19(29(11-23-15)20-17(32)16(31)14(10-30)34-20)26-21(25-18)27-24-9-12-1-3-13(4-2-12)28-5-7-33-8-6-28/h1-4,9,11,14,16-17,20,30-32H,5-8,10H2,(H3,22,25,26,27)/t14-,16-,17-,20-/m1/s1. The third kappa shape index (κ3) is 4.26. The number of aliphatic hydroxyl groups excluding tert-OH is 3. The van der Waals surface area contributed by atoms with Crippen LogP contribution in [0.25, 0.3) is 11.2 Å². The van der Waals surface area contributed by atoms with Crippen molar-refractivity contribution in [2.75, 3.05) is 49.0 Å². The fourth-order valence-corrected chi connectivity index (χ4v) is 4.04. The second-order valence-corrected chi connectivity index (χ2v) is 8.05. The van der Waals surface area contributed by atoms with E-state index in [-0.39, 0.29) is 17.4 Å². The van der Waals surface area contributed by atoms with E-state index in [4.69, 9.17) is 15.2 Å². The van der Waals surface area contributed by atoms with Crippen molar-refractivity contribution in [1.82, 2.24) is 19.5 Å². The predicted octanol–water partition coefficient (Wildman–Crippen LogP) is -0.697. The highest BCUT2D eigenvalue weighted by atomic mass is 16.6. The highest BCUT2D eigenvalue weighted by Crippen LogP contribution is 2.32. The Morgan fingerprint density at radius 3 is 2.62 bits per heavy atom. The van der Waals surface area contributed by atoms with Crippen LogP contribution in [0.1, 0.15) is 11.8 Å². The van der Waals surface area contributed by atoms with Gasteiger partial charge in [0.05, 0.1) is 32.4 Å². The first kappa shape index (κ1) is 22.4. The molecule has 3 aromatic rings. The maximum absolute atomic E-state index is 10.3. The quantitative estimate of drug-likeness (QED) is 0.227. The van der Waals surface area contributed by atoms with E-state index >= 15 is 0 Å². The minimum Gasteiger partial charge on any atom is -0.394 e. The van der Waals surface area contributed by atoms with Gasteiger partial charge in [-0.3, -0.25) is 4.57 Å². The van der Waals surface area contributed by atoms with Crippen molar-refractivity contribution in [1.29, 1.82) is 0 Å². The molecule has 5 rings (SSSR count). The summed E-state index contributed by atoms with van der Waals surface area (Å²) in [5, 5.41) is 33.9. The summed E-state index contributed by atoms with van der Waals surface area (Å²) in [4.78, 5) is 15.0. The normalized spacial score (nSPS) is 25.4. The van der Waals surface area contributed by atoms with Crippen LogP contribution in [0.2, 0.25) is 0 Å². The van der Waals surface area contributed by atoms with Crippen LogP contribution in [0.15, 0.2) is 35.7 Å². The topological polar surface area (TPSA) is 176 Å². The van der Waals surface area contributed by atoms with Gasteiger partial charge < -0.3 is 35.4 Å². The Morgan fingerprint density at radius 2 is 1.91 bits per heavy atom. The molecular weight excluding hydrogens is 444 g/mol. The van der Waals surface area contributed by atoms with Gasteiger partial charge in [-0.15, -0.1) is 0 Å². The zero-order chi connectivity index (χ0) is 23.7. The van der Waals surface area contributed by atoms with Crippen molar-refractivity contribution >= 4 is 34.8 Å². The van der Waals surface area contributed by atoms with Crippen LogP contribution >= 0.6 is 0 Å². The number of morpholine rings is 1. The maximum atomic E-state index is 10.3. The molecule has 0 saturated carbocycles. The summed E-state index contributed by atoms with van der Waals surface area (Å²) in [6, 6.07) is 8.00. The molecule has 0 bridgehead atoms. The first-order valence-electron chi connectivity index (χ1n) is 10.9. The highest BCUT2D eigenvalue weighted by molar-refractivity contribution is 5.83. The average molecular weight is 470 g/mol. The van der Waals surface area contributed by atoms with Gasteiger partial charge in [0.1, 0.15) is 23.8 Å². The van der Waals surface area contributed by atoms with E-state index in [0.29, 0.717) is 5.52 Å². The Bertz CT molecular complexity index is 1160. The zero-order valence-corrected chi connectivity index (χ0v) is 18.2. The van der Waals surface area contributed by atoms with Gasteiger partial charge in [-0.05, 0) is 17.7 Å². The number of nitrogens with two attached hydrogens (primary N) is 1. The number of aliphatic hydroxyl groups is 3. The monoisotopic (exact) mass is 470 g/mol. The van der Waals surface area contributed by atoms with Crippen LogP contribution in [-0.2, 0) is 9.47 Å². The number of hydrazone groups is 1. The van der Waals surface area contributed by atoms with Crippen molar-refractivity contribution in [3.63, 3.8) is 0 Å². The molecule has 0 spiro atoms. The van der Waals surface area contributed by atoms with Gasteiger partial charge in [0.15, 0.2) is 17.7 Å². The largest absolute Gasteiger partial charge is 0.394 e. The summed E-state index contributed by atoms with van der Waals surface area (Å²) >= 11 is 0. The molecule has 1 aromatic carbocycles. The van der Waals surface area contributed by atoms with Gasteiger partial charge in [-0.2, -0.15) is 15.1 Å². The molecule has 0 amide bonds. The molecule has 2 aliphatic rings. The summed E-state index contributed by atoms with van der Waals surface area (Å²) in [5.41, 5.74) is 11.4. The van der Waals surface area contributed by atoms with Crippen LogP contribution in [0.5, 0.6) is 0 Å². The molecule has 2 aromatic heterocycles. The molecule has 6 N–H and O–H groups in total. The molecule has 0 unspecified atom stereocenters. The minimum absolute atomic E-state index is 0.114. The van der Waals surface area contributed by atoms with Crippen molar-refractivity contribution in [3.8, 4) is 0 Å². The fraction of sp³-hybridized carbons (Fsp3) is 0.429. The van der Waals surface area contributed by atoms with E-state index in [1.807, 2.05) is 24.3 Å². The average Bonchev–Trinajstić information content (AvgIpc) is 3.41. The number of nitrogens with one attached hydrogen (secondary N) is 1. The molecule has 2 saturated heterocycles. The molecule has 180 valence electrons. The fourth-order valence-electron chi connectivity index (χ4n) is 4.04. The molecule has 34 heavy (non-hydrogen) atoms. The van der Waals surface area contributed by atoms with E-state index in [1.54, 1.807) is 6.21 Å². The number of ether oxygens (including phenoxy) is 2. The van der Waals surface area contributed by atoms with Crippen LogP contribution in [0.4, 0.5) is 17.5 Å². The lowest BCUT2D eigenvalue weighted by Crippen LogP contribution is -2.36. The van der Waals surface area contributed by atoms with Gasteiger partial charge >= 0.3 is 0 Å². The summed E-state index contributed by atoms with van der Waals surface area (Å²) < 4.78 is 12.4. The molecule has 0 aliphatic carbocycles. The second kappa shape index (κ2) is 9.48. The smallest absolute Gasteiger partial charge is 0.247 e. The van der Waals surface area contributed by atoms with Gasteiger partial charge in [0, 0.05) is 18.8 Å². The molecule has 0 radical (unpaired) electrons. The number of rotatable bonds is 6. The van der Waals surface area contributed by atoms with Gasteiger partial charge in [0.2, 0.25) is 5.95 Å². The number of nitrogens with zero attached hydrogens (tertiary/aromatic N) is 6. The molecule has 2 fully saturated rings. The lowest BCUT2D eigenvalue weighted by molar-refractivity contribution is -0.0511. The number of benzene rings is 1. The molecular formula is C21H26N8O5. The molecule has 13 heteroatoms. The van der Waals surface area contributed by atoms with Crippen molar-refractivity contribution in [2.45, 2.75) is 24.5 Å². The third-order valence-corrected chi connectivity index (χ3v) is 5.89. The first-order valence-corrected chi connectivity index (χ1v) is 10.9. The Hall–Kier alpha value is -3.36. The summed E-state index contributed by atoms with van der Waals surface area (Å²) in [5.74, 6) is 0.239. The Morgan fingerprint density at radius 1 is 1.15 bits per heavy atom. The molecule has 4 atom stereocenters. The van der Waals surface area contributed by atoms with Gasteiger partial charge in [-0.25, -0.2) is 10.4 Å². The van der Waals surface area contributed by atoms with E-state index < -0.39 is 31.1 Å². The lowest BCUT2D eigenvalue weighted by Gasteiger charge is -2.28. The van der Waals surface area contributed by atoms with E-state index in [2.05, 4.69) is 30.4 Å². The number of aromatic nitrogens is 4. The first-order chi connectivity index (χ1) is 16.5. The Kier molecular flexibility index (Phi) is 6.26.